The van der Waals surface area contributed by atoms with E-state index < -0.39 is 0 Å². The van der Waals surface area contributed by atoms with E-state index in [2.05, 4.69) is 40.6 Å². The van der Waals surface area contributed by atoms with Crippen LogP contribution in [0.3, 0.4) is 0 Å². The van der Waals surface area contributed by atoms with Gasteiger partial charge < -0.3 is 9.88 Å². The lowest BCUT2D eigenvalue weighted by Crippen LogP contribution is -2.20. The molecule has 2 heterocycles. The van der Waals surface area contributed by atoms with Crippen LogP contribution in [-0.2, 0) is 5.54 Å². The van der Waals surface area contributed by atoms with E-state index >= 15 is 0 Å². The number of anilines is 1. The van der Waals surface area contributed by atoms with Crippen molar-refractivity contribution in [1.29, 1.82) is 0 Å². The van der Waals surface area contributed by atoms with Crippen molar-refractivity contribution >= 4 is 16.9 Å². The summed E-state index contributed by atoms with van der Waals surface area (Å²) in [4.78, 5) is 8.77. The van der Waals surface area contributed by atoms with E-state index in [1.54, 1.807) is 6.20 Å². The lowest BCUT2D eigenvalue weighted by molar-refractivity contribution is 0.406. The molecule has 2 aromatic heterocycles. The molecule has 0 aromatic carbocycles. The second kappa shape index (κ2) is 3.22. The predicted molar refractivity (Wildman–Crippen MR) is 62.1 cm³/mol. The third kappa shape index (κ3) is 1.56. The number of pyridine rings is 1. The van der Waals surface area contributed by atoms with Gasteiger partial charge in [0.1, 0.15) is 5.52 Å². The molecule has 2 aromatic rings. The van der Waals surface area contributed by atoms with Gasteiger partial charge in [-0.05, 0) is 26.8 Å². The van der Waals surface area contributed by atoms with Gasteiger partial charge in [0.25, 0.3) is 0 Å². The van der Waals surface area contributed by atoms with Crippen LogP contribution in [0.15, 0.2) is 18.6 Å². The fourth-order valence-corrected chi connectivity index (χ4v) is 1.61. The van der Waals surface area contributed by atoms with Crippen LogP contribution in [0, 0.1) is 0 Å². The molecular weight excluding hydrogens is 188 g/mol. The Bertz CT molecular complexity index is 479. The molecule has 1 N–H and O–H groups in total. The molecule has 4 heteroatoms. The molecule has 15 heavy (non-hydrogen) atoms. The van der Waals surface area contributed by atoms with Crippen LogP contribution >= 0.6 is 0 Å². The van der Waals surface area contributed by atoms with Gasteiger partial charge >= 0.3 is 0 Å². The first-order chi connectivity index (χ1) is 7.04. The van der Waals surface area contributed by atoms with Gasteiger partial charge in [0.15, 0.2) is 5.65 Å². The van der Waals surface area contributed by atoms with Gasteiger partial charge in [-0.3, -0.25) is 0 Å². The maximum atomic E-state index is 4.39. The molecule has 0 spiro atoms. The van der Waals surface area contributed by atoms with Crippen LogP contribution in [-0.4, -0.2) is 21.6 Å². The molecule has 0 fully saturated rings. The molecule has 0 aliphatic rings. The lowest BCUT2D eigenvalue weighted by Gasteiger charge is -2.20. The van der Waals surface area contributed by atoms with Crippen molar-refractivity contribution in [3.63, 3.8) is 0 Å². The minimum Gasteiger partial charge on any atom is -0.386 e. The number of nitrogens with zero attached hydrogens (tertiary/aromatic N) is 3. The van der Waals surface area contributed by atoms with Crippen molar-refractivity contribution in [3.05, 3.63) is 18.6 Å². The van der Waals surface area contributed by atoms with Crippen molar-refractivity contribution in [1.82, 2.24) is 14.5 Å². The van der Waals surface area contributed by atoms with Crippen LogP contribution < -0.4 is 5.32 Å². The smallest absolute Gasteiger partial charge is 0.162 e. The Kier molecular flexibility index (Phi) is 2.14. The van der Waals surface area contributed by atoms with Gasteiger partial charge in [-0.1, -0.05) is 0 Å². The summed E-state index contributed by atoms with van der Waals surface area (Å²) in [6, 6.07) is 1.93. The van der Waals surface area contributed by atoms with Gasteiger partial charge in [0, 0.05) is 18.8 Å². The Morgan fingerprint density at radius 1 is 1.27 bits per heavy atom. The topological polar surface area (TPSA) is 42.7 Å². The zero-order valence-corrected chi connectivity index (χ0v) is 9.57. The molecular formula is C11H16N4. The van der Waals surface area contributed by atoms with E-state index in [1.165, 1.54) is 0 Å². The van der Waals surface area contributed by atoms with Crippen molar-refractivity contribution in [2.75, 3.05) is 12.4 Å². The largest absolute Gasteiger partial charge is 0.386 e. The Morgan fingerprint density at radius 3 is 2.60 bits per heavy atom. The molecule has 2 rings (SSSR count). The van der Waals surface area contributed by atoms with Crippen molar-refractivity contribution in [2.24, 2.45) is 0 Å². The van der Waals surface area contributed by atoms with E-state index in [1.807, 2.05) is 19.4 Å². The van der Waals surface area contributed by atoms with Crippen molar-refractivity contribution < 1.29 is 0 Å². The molecule has 80 valence electrons. The van der Waals surface area contributed by atoms with E-state index in [-0.39, 0.29) is 5.54 Å². The summed E-state index contributed by atoms with van der Waals surface area (Å²) in [7, 11) is 1.89. The normalized spacial score (nSPS) is 12.0. The second-order valence-electron chi connectivity index (χ2n) is 4.57. The number of imidazole rings is 1. The first-order valence-corrected chi connectivity index (χ1v) is 5.04. The maximum Gasteiger partial charge on any atom is 0.162 e. The van der Waals surface area contributed by atoms with Gasteiger partial charge in [-0.2, -0.15) is 0 Å². The van der Waals surface area contributed by atoms with Crippen LogP contribution in [0.1, 0.15) is 20.8 Å². The van der Waals surface area contributed by atoms with Gasteiger partial charge in [-0.15, -0.1) is 0 Å². The molecule has 4 nitrogen and oxygen atoms in total. The minimum atomic E-state index is 0.00805. The zero-order chi connectivity index (χ0) is 11.1. The Labute approximate surface area is 89.3 Å². The van der Waals surface area contributed by atoms with Crippen LogP contribution in [0.2, 0.25) is 0 Å². The lowest BCUT2D eigenvalue weighted by atomic mass is 10.1. The maximum absolute atomic E-state index is 4.39. The highest BCUT2D eigenvalue weighted by Gasteiger charge is 2.17. The third-order valence-corrected chi connectivity index (χ3v) is 2.43. The zero-order valence-electron chi connectivity index (χ0n) is 9.57. The summed E-state index contributed by atoms with van der Waals surface area (Å²) in [5, 5.41) is 3.12. The first-order valence-electron chi connectivity index (χ1n) is 5.04. The average Bonchev–Trinajstić information content (AvgIpc) is 2.59. The molecule has 0 unspecified atom stereocenters. The number of hydrogen-bond acceptors (Lipinski definition) is 3. The summed E-state index contributed by atoms with van der Waals surface area (Å²) < 4.78 is 2.09. The summed E-state index contributed by atoms with van der Waals surface area (Å²) in [6.45, 7) is 6.42. The molecule has 0 saturated heterocycles. The highest BCUT2D eigenvalue weighted by atomic mass is 15.1. The first kappa shape index (κ1) is 9.96. The van der Waals surface area contributed by atoms with E-state index in [4.69, 9.17) is 0 Å². The summed E-state index contributed by atoms with van der Waals surface area (Å²) in [5.74, 6) is 0. The van der Waals surface area contributed by atoms with E-state index in [9.17, 15) is 0 Å². The van der Waals surface area contributed by atoms with Crippen LogP contribution in [0.4, 0.5) is 5.69 Å². The Hall–Kier alpha value is -1.58. The quantitative estimate of drug-likeness (QED) is 0.774. The molecule has 0 bridgehead atoms. The van der Waals surface area contributed by atoms with E-state index in [0.717, 1.165) is 16.9 Å². The van der Waals surface area contributed by atoms with Crippen LogP contribution in [0.5, 0.6) is 0 Å². The summed E-state index contributed by atoms with van der Waals surface area (Å²) in [6.07, 6.45) is 3.65. The highest BCUT2D eigenvalue weighted by Crippen LogP contribution is 2.24. The molecule has 0 radical (unpaired) electrons. The fourth-order valence-electron chi connectivity index (χ4n) is 1.61. The summed E-state index contributed by atoms with van der Waals surface area (Å²) >= 11 is 0. The molecule has 0 atom stereocenters. The molecule has 0 saturated carbocycles. The monoisotopic (exact) mass is 204 g/mol. The Balaban J connectivity index is 2.72. The van der Waals surface area contributed by atoms with Gasteiger partial charge in [0.2, 0.25) is 0 Å². The fraction of sp³-hybridized carbons (Fsp3) is 0.455. The van der Waals surface area contributed by atoms with Crippen molar-refractivity contribution in [2.45, 2.75) is 26.3 Å². The third-order valence-electron chi connectivity index (χ3n) is 2.43. The molecule has 0 aliphatic carbocycles. The SMILES string of the molecule is CNc1ccnc2c1ncn2C(C)(C)C. The number of fused-ring (bicyclic) bond motifs is 1. The van der Waals surface area contributed by atoms with Gasteiger partial charge in [-0.25, -0.2) is 9.97 Å². The molecule has 0 amide bonds. The minimum absolute atomic E-state index is 0.00805. The standard InChI is InChI=1S/C11H16N4/c1-11(2,3)15-7-14-9-8(12-4)5-6-13-10(9)15/h5-7H,1-4H3,(H,12,13). The second-order valence-corrected chi connectivity index (χ2v) is 4.57. The number of nitrogens with one attached hydrogen (secondary N) is 1. The van der Waals surface area contributed by atoms with Crippen molar-refractivity contribution in [3.8, 4) is 0 Å². The predicted octanol–water partition coefficient (Wildman–Crippen LogP) is 2.23. The highest BCUT2D eigenvalue weighted by molar-refractivity contribution is 5.85. The average molecular weight is 204 g/mol. The van der Waals surface area contributed by atoms with E-state index in [0.29, 0.717) is 0 Å². The number of hydrogen-bond donors (Lipinski definition) is 1. The Morgan fingerprint density at radius 2 is 2.00 bits per heavy atom. The van der Waals surface area contributed by atoms with Gasteiger partial charge in [0.05, 0.1) is 12.0 Å². The van der Waals surface area contributed by atoms with Crippen LogP contribution in [0.25, 0.3) is 11.2 Å². The molecule has 0 aliphatic heterocycles. The number of rotatable bonds is 1. The number of aromatic nitrogens is 3. The summed E-state index contributed by atoms with van der Waals surface area (Å²) in [5.41, 5.74) is 2.88.